The highest BCUT2D eigenvalue weighted by atomic mass is 16.4. The number of carboxylic acids is 1. The van der Waals surface area contributed by atoms with Gasteiger partial charge in [-0.2, -0.15) is 0 Å². The first-order chi connectivity index (χ1) is 8.50. The van der Waals surface area contributed by atoms with Crippen LogP contribution >= 0.6 is 0 Å². The van der Waals surface area contributed by atoms with Crippen LogP contribution in [-0.2, 0) is 4.79 Å². The molecule has 0 aromatic carbocycles. The number of nitrogens with one attached hydrogen (secondary N) is 1. The van der Waals surface area contributed by atoms with Gasteiger partial charge in [0.05, 0.1) is 5.41 Å². The molecule has 0 saturated carbocycles. The number of piperidine rings is 1. The lowest BCUT2D eigenvalue weighted by Gasteiger charge is -2.42. The second kappa shape index (κ2) is 5.57. The number of carbonyl (C=O) groups is 1. The van der Waals surface area contributed by atoms with Crippen molar-refractivity contribution in [3.63, 3.8) is 0 Å². The Morgan fingerprint density at radius 2 is 2.11 bits per heavy atom. The largest absolute Gasteiger partial charge is 0.481 e. The third-order valence-corrected chi connectivity index (χ3v) is 4.40. The smallest absolute Gasteiger partial charge is 0.310 e. The van der Waals surface area contributed by atoms with Gasteiger partial charge in [0, 0.05) is 18.6 Å². The third-order valence-electron chi connectivity index (χ3n) is 4.40. The molecule has 0 aromatic rings. The van der Waals surface area contributed by atoms with E-state index in [1.807, 2.05) is 13.8 Å². The summed E-state index contributed by atoms with van der Waals surface area (Å²) in [7, 11) is 0. The van der Waals surface area contributed by atoms with Crippen molar-refractivity contribution in [2.75, 3.05) is 19.6 Å². The zero-order chi connectivity index (χ0) is 13.2. The molecule has 2 unspecified atom stereocenters. The molecule has 104 valence electrons. The van der Waals surface area contributed by atoms with Crippen molar-refractivity contribution in [3.8, 4) is 0 Å². The Morgan fingerprint density at radius 1 is 1.33 bits per heavy atom. The second-order valence-corrected chi connectivity index (χ2v) is 6.43. The van der Waals surface area contributed by atoms with E-state index in [9.17, 15) is 9.90 Å². The van der Waals surface area contributed by atoms with Gasteiger partial charge in [0.2, 0.25) is 0 Å². The summed E-state index contributed by atoms with van der Waals surface area (Å²) in [5.74, 6) is -0.689. The van der Waals surface area contributed by atoms with Gasteiger partial charge in [-0.1, -0.05) is 6.42 Å². The fourth-order valence-corrected chi connectivity index (χ4v) is 3.28. The minimum Gasteiger partial charge on any atom is -0.481 e. The van der Waals surface area contributed by atoms with Crippen molar-refractivity contribution in [1.82, 2.24) is 10.2 Å². The molecule has 2 fully saturated rings. The number of likely N-dealkylation sites (tertiary alicyclic amines) is 1. The first-order valence-corrected chi connectivity index (χ1v) is 7.21. The summed E-state index contributed by atoms with van der Waals surface area (Å²) < 4.78 is 0. The number of aliphatic carboxylic acids is 1. The van der Waals surface area contributed by atoms with Crippen molar-refractivity contribution < 1.29 is 9.90 Å². The molecule has 0 aromatic heterocycles. The summed E-state index contributed by atoms with van der Waals surface area (Å²) >= 11 is 0. The average molecular weight is 254 g/mol. The van der Waals surface area contributed by atoms with Gasteiger partial charge in [-0.3, -0.25) is 9.69 Å². The summed E-state index contributed by atoms with van der Waals surface area (Å²) in [6.45, 7) is 6.52. The van der Waals surface area contributed by atoms with Gasteiger partial charge in [0.1, 0.15) is 0 Å². The van der Waals surface area contributed by atoms with Gasteiger partial charge < -0.3 is 10.4 Å². The highest BCUT2D eigenvalue weighted by Crippen LogP contribution is 2.28. The Bertz CT molecular complexity index is 298. The molecular formula is C14H26N2O2. The number of rotatable bonds is 4. The molecule has 0 radical (unpaired) electrons. The molecule has 0 amide bonds. The number of carboxylic acid groups (broad SMARTS) is 1. The zero-order valence-electron chi connectivity index (χ0n) is 11.6. The van der Waals surface area contributed by atoms with Crippen LogP contribution < -0.4 is 5.32 Å². The van der Waals surface area contributed by atoms with Gasteiger partial charge in [-0.05, 0) is 52.6 Å². The van der Waals surface area contributed by atoms with Gasteiger partial charge in [0.25, 0.3) is 0 Å². The summed E-state index contributed by atoms with van der Waals surface area (Å²) in [5, 5.41) is 12.9. The number of hydrogen-bond donors (Lipinski definition) is 2. The van der Waals surface area contributed by atoms with Crippen molar-refractivity contribution in [3.05, 3.63) is 0 Å². The molecular weight excluding hydrogens is 228 g/mol. The lowest BCUT2D eigenvalue weighted by molar-refractivity contribution is -0.148. The lowest BCUT2D eigenvalue weighted by Crippen LogP contribution is -2.53. The molecule has 2 aliphatic heterocycles. The molecule has 0 aliphatic carbocycles. The van der Waals surface area contributed by atoms with E-state index >= 15 is 0 Å². The SMILES string of the molecule is CC(C)(CN1CCCCC1C1CCCN1)C(=O)O. The van der Waals surface area contributed by atoms with Crippen LogP contribution in [0.25, 0.3) is 0 Å². The topological polar surface area (TPSA) is 52.6 Å². The molecule has 2 saturated heterocycles. The molecule has 4 heteroatoms. The van der Waals surface area contributed by atoms with E-state index in [1.165, 1.54) is 32.1 Å². The van der Waals surface area contributed by atoms with Crippen molar-refractivity contribution in [2.45, 2.75) is 58.0 Å². The third kappa shape index (κ3) is 3.04. The maximum atomic E-state index is 11.3. The van der Waals surface area contributed by atoms with Crippen LogP contribution in [0.2, 0.25) is 0 Å². The Labute approximate surface area is 110 Å². The Hall–Kier alpha value is -0.610. The van der Waals surface area contributed by atoms with Crippen LogP contribution in [0.3, 0.4) is 0 Å². The van der Waals surface area contributed by atoms with Crippen LogP contribution in [0, 0.1) is 5.41 Å². The Kier molecular flexibility index (Phi) is 4.28. The van der Waals surface area contributed by atoms with Crippen LogP contribution in [0.4, 0.5) is 0 Å². The fraction of sp³-hybridized carbons (Fsp3) is 0.929. The first-order valence-electron chi connectivity index (χ1n) is 7.21. The molecule has 2 heterocycles. The van der Waals surface area contributed by atoms with E-state index in [0.717, 1.165) is 13.1 Å². The van der Waals surface area contributed by atoms with E-state index in [4.69, 9.17) is 0 Å². The van der Waals surface area contributed by atoms with Crippen LogP contribution in [0.1, 0.15) is 46.0 Å². The van der Waals surface area contributed by atoms with Crippen molar-refractivity contribution in [2.24, 2.45) is 5.41 Å². The van der Waals surface area contributed by atoms with E-state index in [2.05, 4.69) is 10.2 Å². The van der Waals surface area contributed by atoms with Crippen LogP contribution in [0.15, 0.2) is 0 Å². The monoisotopic (exact) mass is 254 g/mol. The molecule has 18 heavy (non-hydrogen) atoms. The maximum Gasteiger partial charge on any atom is 0.310 e. The van der Waals surface area contributed by atoms with E-state index in [0.29, 0.717) is 18.6 Å². The lowest BCUT2D eigenvalue weighted by atomic mass is 9.88. The molecule has 2 atom stereocenters. The van der Waals surface area contributed by atoms with E-state index in [1.54, 1.807) is 0 Å². The van der Waals surface area contributed by atoms with E-state index in [-0.39, 0.29) is 0 Å². The van der Waals surface area contributed by atoms with Gasteiger partial charge in [0.15, 0.2) is 0 Å². The summed E-state index contributed by atoms with van der Waals surface area (Å²) in [4.78, 5) is 13.7. The standard InChI is InChI=1S/C14H26N2O2/c1-14(2,13(17)18)10-16-9-4-3-7-12(16)11-6-5-8-15-11/h11-12,15H,3-10H2,1-2H3,(H,17,18). The highest BCUT2D eigenvalue weighted by molar-refractivity contribution is 5.73. The second-order valence-electron chi connectivity index (χ2n) is 6.43. The summed E-state index contributed by atoms with van der Waals surface area (Å²) in [6.07, 6.45) is 6.21. The molecule has 2 aliphatic rings. The van der Waals surface area contributed by atoms with Crippen LogP contribution in [-0.4, -0.2) is 47.7 Å². The Balaban J connectivity index is 2.01. The molecule has 2 N–H and O–H groups in total. The quantitative estimate of drug-likeness (QED) is 0.802. The van der Waals surface area contributed by atoms with Gasteiger partial charge in [-0.25, -0.2) is 0 Å². The zero-order valence-corrected chi connectivity index (χ0v) is 11.6. The van der Waals surface area contributed by atoms with Crippen molar-refractivity contribution >= 4 is 5.97 Å². The number of hydrogen-bond acceptors (Lipinski definition) is 3. The minimum atomic E-state index is -0.689. The normalized spacial score (nSPS) is 30.6. The number of nitrogens with zero attached hydrogens (tertiary/aromatic N) is 1. The maximum absolute atomic E-state index is 11.3. The summed E-state index contributed by atoms with van der Waals surface area (Å²) in [5.41, 5.74) is -0.645. The molecule has 2 rings (SSSR count). The molecule has 4 nitrogen and oxygen atoms in total. The predicted molar refractivity (Wildman–Crippen MR) is 71.7 cm³/mol. The van der Waals surface area contributed by atoms with Gasteiger partial charge in [-0.15, -0.1) is 0 Å². The van der Waals surface area contributed by atoms with Gasteiger partial charge >= 0.3 is 5.97 Å². The fourth-order valence-electron chi connectivity index (χ4n) is 3.28. The first kappa shape index (κ1) is 13.8. The summed E-state index contributed by atoms with van der Waals surface area (Å²) in [6, 6.07) is 1.12. The van der Waals surface area contributed by atoms with Crippen LogP contribution in [0.5, 0.6) is 0 Å². The van der Waals surface area contributed by atoms with E-state index < -0.39 is 11.4 Å². The molecule has 0 spiro atoms. The molecule has 0 bridgehead atoms. The highest BCUT2D eigenvalue weighted by Gasteiger charge is 2.37. The minimum absolute atomic E-state index is 0.542. The van der Waals surface area contributed by atoms with Crippen molar-refractivity contribution in [1.29, 1.82) is 0 Å². The Morgan fingerprint density at radius 3 is 2.72 bits per heavy atom. The average Bonchev–Trinajstić information content (AvgIpc) is 2.82. The predicted octanol–water partition coefficient (Wildman–Crippen LogP) is 1.70.